The molecule has 0 N–H and O–H groups in total. The Morgan fingerprint density at radius 3 is 2.92 bits per heavy atom. The Kier molecular flexibility index (Phi) is 6.03. The predicted octanol–water partition coefficient (Wildman–Crippen LogP) is 4.94. The zero-order chi connectivity index (χ0) is 17.7. The number of amides is 1. The lowest BCUT2D eigenvalue weighted by atomic mass is 9.61. The van der Waals surface area contributed by atoms with E-state index in [1.54, 1.807) is 0 Å². The molecule has 0 radical (unpaired) electrons. The number of unbranched alkanes of at least 4 members (excludes halogenated alkanes) is 1. The molecule has 1 heterocycles. The molecule has 138 valence electrons. The van der Waals surface area contributed by atoms with Crippen LogP contribution in [-0.2, 0) is 10.2 Å². The van der Waals surface area contributed by atoms with Gasteiger partial charge in [-0.25, -0.2) is 0 Å². The zero-order valence-electron chi connectivity index (χ0n) is 15.9. The van der Waals surface area contributed by atoms with Crippen LogP contribution in [0.15, 0.2) is 24.3 Å². The van der Waals surface area contributed by atoms with Crippen LogP contribution in [0, 0.1) is 5.92 Å². The number of hydrogen-bond donors (Lipinski definition) is 0. The molecule has 1 amide bonds. The van der Waals surface area contributed by atoms with Crippen LogP contribution in [0.5, 0.6) is 5.75 Å². The van der Waals surface area contributed by atoms with Crippen molar-refractivity contribution in [1.29, 1.82) is 0 Å². The summed E-state index contributed by atoms with van der Waals surface area (Å²) < 4.78 is 5.76. The fourth-order valence-electron chi connectivity index (χ4n) is 4.91. The standard InChI is InChI=1S/C22H33NO2/c1-3-5-15-23-17-19-9-6-7-13-22(19,14-12-21(23)24)18-10-8-11-20(16-18)25-4-2/h8,10-11,16,19H,3-7,9,12-15,17H2,1-2H3. The number of hydrogen-bond acceptors (Lipinski definition) is 2. The van der Waals surface area contributed by atoms with E-state index in [-0.39, 0.29) is 5.41 Å². The number of nitrogens with zero attached hydrogens (tertiary/aromatic N) is 1. The maximum atomic E-state index is 12.7. The van der Waals surface area contributed by atoms with Crippen molar-refractivity contribution in [3.05, 3.63) is 29.8 Å². The average molecular weight is 344 g/mol. The first-order chi connectivity index (χ1) is 12.2. The van der Waals surface area contributed by atoms with Gasteiger partial charge in [-0.05, 0) is 56.2 Å². The topological polar surface area (TPSA) is 29.5 Å². The Labute approximate surface area is 152 Å². The van der Waals surface area contributed by atoms with Gasteiger partial charge in [0.2, 0.25) is 5.91 Å². The second-order valence-corrected chi connectivity index (χ2v) is 7.75. The minimum atomic E-state index is 0.155. The van der Waals surface area contributed by atoms with Gasteiger partial charge in [0.1, 0.15) is 5.75 Å². The van der Waals surface area contributed by atoms with E-state index in [9.17, 15) is 4.79 Å². The van der Waals surface area contributed by atoms with Gasteiger partial charge in [-0.15, -0.1) is 0 Å². The molecule has 3 heteroatoms. The van der Waals surface area contributed by atoms with Gasteiger partial charge in [-0.1, -0.05) is 38.3 Å². The molecule has 2 unspecified atom stereocenters. The minimum absolute atomic E-state index is 0.155. The summed E-state index contributed by atoms with van der Waals surface area (Å²) in [5, 5.41) is 0. The second kappa shape index (κ2) is 8.25. The lowest BCUT2D eigenvalue weighted by Gasteiger charge is -2.44. The van der Waals surface area contributed by atoms with E-state index in [1.807, 2.05) is 6.92 Å². The van der Waals surface area contributed by atoms with Gasteiger partial charge in [-0.2, -0.15) is 0 Å². The number of rotatable bonds is 6. The van der Waals surface area contributed by atoms with E-state index in [4.69, 9.17) is 4.74 Å². The van der Waals surface area contributed by atoms with Crippen LogP contribution in [0.3, 0.4) is 0 Å². The van der Waals surface area contributed by atoms with Gasteiger partial charge >= 0.3 is 0 Å². The molecular formula is C22H33NO2. The number of likely N-dealkylation sites (tertiary alicyclic amines) is 1. The summed E-state index contributed by atoms with van der Waals surface area (Å²) in [5.41, 5.74) is 1.55. The van der Waals surface area contributed by atoms with Crippen molar-refractivity contribution in [3.8, 4) is 5.75 Å². The Balaban J connectivity index is 1.91. The molecule has 2 fully saturated rings. The first kappa shape index (κ1) is 18.3. The van der Waals surface area contributed by atoms with E-state index in [0.717, 1.165) is 38.1 Å². The Morgan fingerprint density at radius 2 is 2.12 bits per heavy atom. The Morgan fingerprint density at radius 1 is 1.24 bits per heavy atom. The third-order valence-corrected chi connectivity index (χ3v) is 6.29. The fourth-order valence-corrected chi connectivity index (χ4v) is 4.91. The maximum absolute atomic E-state index is 12.7. The van der Waals surface area contributed by atoms with Crippen LogP contribution >= 0.6 is 0 Å². The molecule has 3 rings (SSSR count). The van der Waals surface area contributed by atoms with Crippen LogP contribution in [0.2, 0.25) is 0 Å². The molecule has 1 aromatic carbocycles. The van der Waals surface area contributed by atoms with Crippen molar-refractivity contribution in [2.75, 3.05) is 19.7 Å². The molecule has 0 bridgehead atoms. The highest BCUT2D eigenvalue weighted by molar-refractivity contribution is 5.76. The number of benzene rings is 1. The molecule has 2 atom stereocenters. The van der Waals surface area contributed by atoms with Crippen LogP contribution in [0.1, 0.15) is 70.8 Å². The maximum Gasteiger partial charge on any atom is 0.222 e. The largest absolute Gasteiger partial charge is 0.494 e. The third kappa shape index (κ3) is 3.86. The second-order valence-electron chi connectivity index (χ2n) is 7.75. The van der Waals surface area contributed by atoms with Crippen LogP contribution < -0.4 is 4.74 Å². The van der Waals surface area contributed by atoms with Crippen molar-refractivity contribution in [3.63, 3.8) is 0 Å². The lowest BCUT2D eigenvalue weighted by Crippen LogP contribution is -2.42. The van der Waals surface area contributed by atoms with Crippen molar-refractivity contribution in [1.82, 2.24) is 4.90 Å². The molecule has 0 aromatic heterocycles. The smallest absolute Gasteiger partial charge is 0.222 e. The summed E-state index contributed by atoms with van der Waals surface area (Å²) in [4.78, 5) is 14.9. The van der Waals surface area contributed by atoms with Crippen LogP contribution in [0.25, 0.3) is 0 Å². The highest BCUT2D eigenvalue weighted by atomic mass is 16.5. The van der Waals surface area contributed by atoms with Crippen molar-refractivity contribution in [2.45, 2.75) is 70.6 Å². The SMILES string of the molecule is CCCCN1CC2CCCCC2(c2cccc(OCC)c2)CCC1=O. The van der Waals surface area contributed by atoms with Gasteiger partial charge in [0.05, 0.1) is 6.61 Å². The number of carbonyl (C=O) groups excluding carboxylic acids is 1. The van der Waals surface area contributed by atoms with Gasteiger partial charge in [-0.3, -0.25) is 4.79 Å². The summed E-state index contributed by atoms with van der Waals surface area (Å²) in [5.74, 6) is 1.92. The monoisotopic (exact) mass is 343 g/mol. The molecule has 1 saturated heterocycles. The van der Waals surface area contributed by atoms with Crippen molar-refractivity contribution in [2.24, 2.45) is 5.92 Å². The predicted molar refractivity (Wildman–Crippen MR) is 102 cm³/mol. The Hall–Kier alpha value is -1.51. The molecule has 0 spiro atoms. The van der Waals surface area contributed by atoms with Crippen LogP contribution in [-0.4, -0.2) is 30.5 Å². The highest BCUT2D eigenvalue weighted by Gasteiger charge is 2.45. The van der Waals surface area contributed by atoms with E-state index >= 15 is 0 Å². The van der Waals surface area contributed by atoms with Crippen molar-refractivity contribution >= 4 is 5.91 Å². The molecule has 1 aromatic rings. The number of ether oxygens (including phenoxy) is 1. The van der Waals surface area contributed by atoms with Gasteiger partial charge in [0, 0.05) is 24.9 Å². The molecule has 25 heavy (non-hydrogen) atoms. The quantitative estimate of drug-likeness (QED) is 0.732. The van der Waals surface area contributed by atoms with E-state index in [1.165, 1.54) is 31.2 Å². The van der Waals surface area contributed by atoms with E-state index in [0.29, 0.717) is 24.9 Å². The summed E-state index contributed by atoms with van der Waals surface area (Å²) in [6.45, 7) is 6.80. The summed E-state index contributed by atoms with van der Waals surface area (Å²) >= 11 is 0. The van der Waals surface area contributed by atoms with E-state index < -0.39 is 0 Å². The molecule has 2 aliphatic rings. The summed E-state index contributed by atoms with van der Waals surface area (Å²) in [7, 11) is 0. The first-order valence-corrected chi connectivity index (χ1v) is 10.2. The zero-order valence-corrected chi connectivity index (χ0v) is 15.9. The molecular weight excluding hydrogens is 310 g/mol. The fraction of sp³-hybridized carbons (Fsp3) is 0.682. The number of carbonyl (C=O) groups is 1. The van der Waals surface area contributed by atoms with Crippen molar-refractivity contribution < 1.29 is 9.53 Å². The van der Waals surface area contributed by atoms with E-state index in [2.05, 4.69) is 36.1 Å². The summed E-state index contributed by atoms with van der Waals surface area (Å²) in [6.07, 6.45) is 8.98. The first-order valence-electron chi connectivity index (χ1n) is 10.2. The average Bonchev–Trinajstić information content (AvgIpc) is 2.78. The van der Waals surface area contributed by atoms with Crippen LogP contribution in [0.4, 0.5) is 0 Å². The van der Waals surface area contributed by atoms with Gasteiger partial charge < -0.3 is 9.64 Å². The Bertz CT molecular complexity index is 585. The lowest BCUT2D eigenvalue weighted by molar-refractivity contribution is -0.131. The van der Waals surface area contributed by atoms with Gasteiger partial charge in [0.25, 0.3) is 0 Å². The minimum Gasteiger partial charge on any atom is -0.494 e. The highest BCUT2D eigenvalue weighted by Crippen LogP contribution is 2.49. The molecule has 1 aliphatic heterocycles. The molecule has 3 nitrogen and oxygen atoms in total. The van der Waals surface area contributed by atoms with Gasteiger partial charge in [0.15, 0.2) is 0 Å². The number of fused-ring (bicyclic) bond motifs is 1. The third-order valence-electron chi connectivity index (χ3n) is 6.29. The normalized spacial score (nSPS) is 26.9. The molecule has 1 aliphatic carbocycles. The molecule has 1 saturated carbocycles. The summed E-state index contributed by atoms with van der Waals surface area (Å²) in [6, 6.07) is 8.69.